The second-order valence-corrected chi connectivity index (χ2v) is 9.13. The second-order valence-electron chi connectivity index (χ2n) is 6.75. The third kappa shape index (κ3) is 4.40. The fourth-order valence-electron chi connectivity index (χ4n) is 3.50. The smallest absolute Gasteiger partial charge is 0.0358 e. The van der Waals surface area contributed by atoms with Crippen LogP contribution in [0.2, 0.25) is 0 Å². The first kappa shape index (κ1) is 17.9. The molecule has 0 radical (unpaired) electrons. The average molecular weight is 403 g/mol. The maximum Gasteiger partial charge on any atom is 0.0358 e. The Kier molecular flexibility index (Phi) is 6.74. The summed E-state index contributed by atoms with van der Waals surface area (Å²) in [6.45, 7) is 2.28. The van der Waals surface area contributed by atoms with Gasteiger partial charge in [0, 0.05) is 25.0 Å². The zero-order valence-electron chi connectivity index (χ0n) is 14.6. The van der Waals surface area contributed by atoms with E-state index in [4.69, 9.17) is 0 Å². The van der Waals surface area contributed by atoms with E-state index in [1.54, 1.807) is 0 Å². The van der Waals surface area contributed by atoms with Crippen LogP contribution in [-0.2, 0) is 6.42 Å². The van der Waals surface area contributed by atoms with Gasteiger partial charge in [0.2, 0.25) is 0 Å². The molecule has 3 rings (SSSR count). The minimum atomic E-state index is 0.591. The quantitative estimate of drug-likeness (QED) is 0.250. The predicted molar refractivity (Wildman–Crippen MR) is 114 cm³/mol. The van der Waals surface area contributed by atoms with Gasteiger partial charge in [-0.1, -0.05) is 91.7 Å². The highest BCUT2D eigenvalue weighted by Gasteiger charge is 2.12. The normalized spacial score (nSPS) is 12.9. The first-order chi connectivity index (χ1) is 11.8. The molecule has 0 amide bonds. The molecular weight excluding hydrogens is 376 g/mol. The lowest BCUT2D eigenvalue weighted by Gasteiger charge is -2.11. The van der Waals surface area contributed by atoms with E-state index in [0.29, 0.717) is 4.83 Å². The van der Waals surface area contributed by atoms with Crippen LogP contribution in [0.3, 0.4) is 0 Å². The molecular formula is C22H27BrS. The van der Waals surface area contributed by atoms with Crippen LogP contribution in [0, 0.1) is 0 Å². The molecule has 1 aromatic heterocycles. The van der Waals surface area contributed by atoms with Gasteiger partial charge >= 0.3 is 0 Å². The molecule has 0 spiro atoms. The largest absolute Gasteiger partial charge is 0.135 e. The van der Waals surface area contributed by atoms with Gasteiger partial charge in [0.1, 0.15) is 0 Å². The Morgan fingerprint density at radius 1 is 0.875 bits per heavy atom. The lowest BCUT2D eigenvalue weighted by Crippen LogP contribution is -2.03. The number of alkyl halides is 1. The molecule has 2 aromatic carbocycles. The number of thiophene rings is 1. The third-order valence-electron chi connectivity index (χ3n) is 4.80. The predicted octanol–water partition coefficient (Wildman–Crippen LogP) is 8.11. The van der Waals surface area contributed by atoms with Gasteiger partial charge in [-0.15, -0.1) is 11.3 Å². The van der Waals surface area contributed by atoms with Crippen molar-refractivity contribution in [1.29, 1.82) is 0 Å². The van der Waals surface area contributed by atoms with E-state index in [9.17, 15) is 0 Å². The average Bonchev–Trinajstić information content (AvgIpc) is 2.97. The number of rotatable bonds is 9. The number of hydrogen-bond acceptors (Lipinski definition) is 1. The van der Waals surface area contributed by atoms with Gasteiger partial charge in [-0.25, -0.2) is 0 Å². The summed E-state index contributed by atoms with van der Waals surface area (Å²) >= 11 is 5.86. The Morgan fingerprint density at radius 2 is 1.62 bits per heavy atom. The van der Waals surface area contributed by atoms with Crippen LogP contribution < -0.4 is 0 Å². The standard InChI is InChI=1S/C22H27BrS/c1-2-3-4-5-6-7-12-18(23)16-17-11-10-15-21-22(17)19-13-8-9-14-20(19)24-21/h8-11,13-15,18H,2-7,12,16H2,1H3. The first-order valence-electron chi connectivity index (χ1n) is 9.32. The maximum atomic E-state index is 3.94. The Morgan fingerprint density at radius 3 is 2.50 bits per heavy atom. The molecule has 0 aliphatic carbocycles. The molecule has 1 atom stereocenters. The fourth-order valence-corrected chi connectivity index (χ4v) is 5.33. The molecule has 1 unspecified atom stereocenters. The summed E-state index contributed by atoms with van der Waals surface area (Å²) < 4.78 is 2.83. The van der Waals surface area contributed by atoms with E-state index in [1.165, 1.54) is 70.7 Å². The lowest BCUT2D eigenvalue weighted by atomic mass is 10.00. The molecule has 0 aliphatic rings. The van der Waals surface area contributed by atoms with Crippen LogP contribution in [-0.4, -0.2) is 4.83 Å². The summed E-state index contributed by atoms with van der Waals surface area (Å²) in [5.41, 5.74) is 1.50. The van der Waals surface area contributed by atoms with E-state index < -0.39 is 0 Å². The van der Waals surface area contributed by atoms with E-state index >= 15 is 0 Å². The number of hydrogen-bond donors (Lipinski definition) is 0. The zero-order chi connectivity index (χ0) is 16.8. The molecule has 3 aromatic rings. The molecule has 0 bridgehead atoms. The SMILES string of the molecule is CCCCCCCCC(Br)Cc1cccc2sc3ccccc3c12. The molecule has 128 valence electrons. The highest BCUT2D eigenvalue weighted by molar-refractivity contribution is 9.09. The number of benzene rings is 2. The number of unbranched alkanes of at least 4 members (excludes halogenated alkanes) is 5. The summed E-state index contributed by atoms with van der Waals surface area (Å²) in [5.74, 6) is 0. The van der Waals surface area contributed by atoms with Gasteiger partial charge in [-0.3, -0.25) is 0 Å². The number of halogens is 1. The van der Waals surface area contributed by atoms with Gasteiger partial charge in [0.05, 0.1) is 0 Å². The van der Waals surface area contributed by atoms with Crippen molar-refractivity contribution >= 4 is 47.4 Å². The van der Waals surface area contributed by atoms with Crippen molar-refractivity contribution in [3.05, 3.63) is 48.0 Å². The minimum absolute atomic E-state index is 0.591. The Labute approximate surface area is 158 Å². The molecule has 0 fully saturated rings. The van der Waals surface area contributed by atoms with Gasteiger partial charge in [0.25, 0.3) is 0 Å². The molecule has 0 nitrogen and oxygen atoms in total. The van der Waals surface area contributed by atoms with E-state index in [0.717, 1.165) is 6.42 Å². The van der Waals surface area contributed by atoms with Gasteiger partial charge < -0.3 is 0 Å². The molecule has 0 N–H and O–H groups in total. The fraction of sp³-hybridized carbons (Fsp3) is 0.455. The van der Waals surface area contributed by atoms with Gasteiger partial charge in [-0.2, -0.15) is 0 Å². The summed E-state index contributed by atoms with van der Waals surface area (Å²) in [6.07, 6.45) is 10.7. The monoisotopic (exact) mass is 402 g/mol. The molecule has 2 heteroatoms. The maximum absolute atomic E-state index is 3.94. The van der Waals surface area contributed by atoms with Crippen molar-refractivity contribution < 1.29 is 0 Å². The lowest BCUT2D eigenvalue weighted by molar-refractivity contribution is 0.583. The topological polar surface area (TPSA) is 0 Å². The highest BCUT2D eigenvalue weighted by Crippen LogP contribution is 2.36. The number of fused-ring (bicyclic) bond motifs is 3. The van der Waals surface area contributed by atoms with Crippen molar-refractivity contribution in [2.75, 3.05) is 0 Å². The van der Waals surface area contributed by atoms with Crippen molar-refractivity contribution in [3.8, 4) is 0 Å². The minimum Gasteiger partial charge on any atom is -0.135 e. The van der Waals surface area contributed by atoms with Crippen LogP contribution >= 0.6 is 27.3 Å². The third-order valence-corrected chi connectivity index (χ3v) is 6.72. The van der Waals surface area contributed by atoms with Crippen molar-refractivity contribution in [2.24, 2.45) is 0 Å². The van der Waals surface area contributed by atoms with Crippen LogP contribution in [0.1, 0.15) is 57.4 Å². The van der Waals surface area contributed by atoms with Crippen molar-refractivity contribution in [2.45, 2.75) is 63.1 Å². The van der Waals surface area contributed by atoms with Crippen LogP contribution in [0.25, 0.3) is 20.2 Å². The van der Waals surface area contributed by atoms with Gasteiger partial charge in [-0.05, 0) is 30.5 Å². The summed E-state index contributed by atoms with van der Waals surface area (Å²) in [5, 5.41) is 2.90. The zero-order valence-corrected chi connectivity index (χ0v) is 17.0. The Hall–Kier alpha value is -0.860. The molecule has 24 heavy (non-hydrogen) atoms. The highest BCUT2D eigenvalue weighted by atomic mass is 79.9. The Balaban J connectivity index is 1.64. The summed E-state index contributed by atoms with van der Waals surface area (Å²) in [4.78, 5) is 0.591. The van der Waals surface area contributed by atoms with Crippen molar-refractivity contribution in [1.82, 2.24) is 0 Å². The van der Waals surface area contributed by atoms with Crippen LogP contribution in [0.5, 0.6) is 0 Å². The first-order valence-corrected chi connectivity index (χ1v) is 11.1. The second kappa shape index (κ2) is 9.01. The van der Waals surface area contributed by atoms with Crippen LogP contribution in [0.4, 0.5) is 0 Å². The van der Waals surface area contributed by atoms with Gasteiger partial charge in [0.15, 0.2) is 0 Å². The summed E-state index contributed by atoms with van der Waals surface area (Å²) in [6, 6.07) is 15.6. The molecule has 1 heterocycles. The van der Waals surface area contributed by atoms with E-state index in [1.807, 2.05) is 11.3 Å². The molecule has 0 saturated heterocycles. The van der Waals surface area contributed by atoms with Crippen molar-refractivity contribution in [3.63, 3.8) is 0 Å². The van der Waals surface area contributed by atoms with E-state index in [-0.39, 0.29) is 0 Å². The molecule has 0 saturated carbocycles. The Bertz CT molecular complexity index is 774. The molecule has 0 aliphatic heterocycles. The van der Waals surface area contributed by atoms with E-state index in [2.05, 4.69) is 65.3 Å². The summed E-state index contributed by atoms with van der Waals surface area (Å²) in [7, 11) is 0. The van der Waals surface area contributed by atoms with Crippen LogP contribution in [0.15, 0.2) is 42.5 Å².